The molecule has 1 aliphatic heterocycles. The highest BCUT2D eigenvalue weighted by Crippen LogP contribution is 2.31. The van der Waals surface area contributed by atoms with Crippen LogP contribution in [0.15, 0.2) is 30.3 Å². The van der Waals surface area contributed by atoms with Crippen LogP contribution in [0, 0.1) is 19.7 Å². The van der Waals surface area contributed by atoms with Crippen LogP contribution < -0.4 is 0 Å². The van der Waals surface area contributed by atoms with Gasteiger partial charge in [-0.2, -0.15) is 4.98 Å². The molecular formula is C19H20FN5O3S. The first-order valence-electron chi connectivity index (χ1n) is 9.22. The number of rotatable bonds is 2. The summed E-state index contributed by atoms with van der Waals surface area (Å²) >= 11 is 0. The number of halogens is 1. The van der Waals surface area contributed by atoms with Gasteiger partial charge in [-0.1, -0.05) is 18.2 Å². The summed E-state index contributed by atoms with van der Waals surface area (Å²) in [5.74, 6) is -0.983. The molecule has 0 bridgehead atoms. The molecule has 3 aromatic rings. The summed E-state index contributed by atoms with van der Waals surface area (Å²) in [5, 5.41) is 3.24. The van der Waals surface area contributed by atoms with Gasteiger partial charge >= 0.3 is 0 Å². The molecule has 2 aromatic heterocycles. The number of amides is 1. The molecule has 1 saturated heterocycles. The second-order valence-electron chi connectivity index (χ2n) is 7.14. The number of sulfone groups is 1. The Hall–Kier alpha value is -2.88. The fraction of sp³-hybridized carbons (Fsp3) is 0.368. The van der Waals surface area contributed by atoms with Crippen LogP contribution in [-0.4, -0.2) is 57.6 Å². The molecule has 1 unspecified atom stereocenters. The van der Waals surface area contributed by atoms with E-state index in [4.69, 9.17) is 0 Å². The van der Waals surface area contributed by atoms with Crippen LogP contribution in [0.4, 0.5) is 4.39 Å². The van der Waals surface area contributed by atoms with Crippen LogP contribution in [0.3, 0.4) is 0 Å². The molecule has 29 heavy (non-hydrogen) atoms. The van der Waals surface area contributed by atoms with Crippen molar-refractivity contribution in [2.45, 2.75) is 25.5 Å². The van der Waals surface area contributed by atoms with Gasteiger partial charge in [0.1, 0.15) is 5.82 Å². The average Bonchev–Trinajstić information content (AvgIpc) is 3.02. The Balaban J connectivity index is 1.62. The van der Waals surface area contributed by atoms with E-state index in [2.05, 4.69) is 15.1 Å². The molecule has 8 nitrogen and oxygen atoms in total. The Morgan fingerprint density at radius 1 is 1.17 bits per heavy atom. The Bertz CT molecular complexity index is 1210. The number of benzene rings is 1. The second-order valence-corrected chi connectivity index (χ2v) is 9.45. The highest BCUT2D eigenvalue weighted by Gasteiger charge is 2.35. The molecule has 152 valence electrons. The minimum Gasteiger partial charge on any atom is -0.335 e. The number of hydrogen-bond acceptors (Lipinski definition) is 6. The third kappa shape index (κ3) is 3.59. The lowest BCUT2D eigenvalue weighted by atomic mass is 10.1. The van der Waals surface area contributed by atoms with Crippen molar-refractivity contribution in [3.05, 3.63) is 58.9 Å². The molecule has 0 spiro atoms. The van der Waals surface area contributed by atoms with Gasteiger partial charge in [0.15, 0.2) is 9.84 Å². The zero-order valence-corrected chi connectivity index (χ0v) is 16.9. The molecule has 1 amide bonds. The first-order chi connectivity index (χ1) is 13.8. The first kappa shape index (κ1) is 19.4. The van der Waals surface area contributed by atoms with E-state index in [0.717, 1.165) is 11.4 Å². The monoisotopic (exact) mass is 417 g/mol. The number of aromatic nitrogens is 4. The SMILES string of the molecule is Cc1cc(C)n2nc(C(=O)N3CCC(c4ccccc4F)S(=O)(=O)CC3)nc2n1. The highest BCUT2D eigenvalue weighted by molar-refractivity contribution is 7.91. The minimum absolute atomic E-state index is 0.00705. The van der Waals surface area contributed by atoms with Gasteiger partial charge in [0, 0.05) is 30.0 Å². The van der Waals surface area contributed by atoms with Crippen molar-refractivity contribution in [1.29, 1.82) is 0 Å². The summed E-state index contributed by atoms with van der Waals surface area (Å²) in [7, 11) is -3.61. The summed E-state index contributed by atoms with van der Waals surface area (Å²) in [6, 6.07) is 7.68. The lowest BCUT2D eigenvalue weighted by Crippen LogP contribution is -2.34. The van der Waals surface area contributed by atoms with Gasteiger partial charge in [0.25, 0.3) is 11.7 Å². The third-order valence-corrected chi connectivity index (χ3v) is 7.20. The van der Waals surface area contributed by atoms with Crippen molar-refractivity contribution in [1.82, 2.24) is 24.5 Å². The zero-order chi connectivity index (χ0) is 20.8. The lowest BCUT2D eigenvalue weighted by Gasteiger charge is -2.18. The molecule has 0 aliphatic carbocycles. The van der Waals surface area contributed by atoms with Crippen molar-refractivity contribution in [2.24, 2.45) is 0 Å². The average molecular weight is 417 g/mol. The van der Waals surface area contributed by atoms with E-state index in [-0.39, 0.29) is 36.7 Å². The highest BCUT2D eigenvalue weighted by atomic mass is 32.2. The Labute approximate surface area is 167 Å². The smallest absolute Gasteiger partial charge is 0.293 e. The largest absolute Gasteiger partial charge is 0.335 e. The standard InChI is InChI=1S/C19H20FN5O3S/c1-12-11-13(2)25-19(21-12)22-17(23-25)18(26)24-8-7-16(29(27,28)10-9-24)14-5-3-4-6-15(14)20/h3-6,11,16H,7-10H2,1-2H3. The van der Waals surface area contributed by atoms with Crippen molar-refractivity contribution in [3.63, 3.8) is 0 Å². The van der Waals surface area contributed by atoms with Crippen LogP contribution in [-0.2, 0) is 9.84 Å². The fourth-order valence-corrected chi connectivity index (χ4v) is 5.43. The topological polar surface area (TPSA) is 97.5 Å². The summed E-state index contributed by atoms with van der Waals surface area (Å²) in [5.41, 5.74) is 1.69. The Morgan fingerprint density at radius 3 is 2.69 bits per heavy atom. The molecule has 1 aromatic carbocycles. The molecule has 10 heteroatoms. The van der Waals surface area contributed by atoms with Crippen molar-refractivity contribution >= 4 is 21.5 Å². The van der Waals surface area contributed by atoms with Crippen LogP contribution in [0.25, 0.3) is 5.78 Å². The van der Waals surface area contributed by atoms with Gasteiger partial charge in [-0.3, -0.25) is 4.79 Å². The summed E-state index contributed by atoms with van der Waals surface area (Å²) in [6.45, 7) is 3.83. The Kier molecular flexibility index (Phi) is 4.81. The minimum atomic E-state index is -3.61. The van der Waals surface area contributed by atoms with Crippen LogP contribution in [0.2, 0.25) is 0 Å². The van der Waals surface area contributed by atoms with E-state index in [1.165, 1.54) is 27.6 Å². The molecule has 0 saturated carbocycles. The molecule has 1 aliphatic rings. The summed E-state index contributed by atoms with van der Waals surface area (Å²) < 4.78 is 41.1. The van der Waals surface area contributed by atoms with Gasteiger partial charge < -0.3 is 4.90 Å². The van der Waals surface area contributed by atoms with Crippen molar-refractivity contribution in [2.75, 3.05) is 18.8 Å². The maximum Gasteiger partial charge on any atom is 0.293 e. The molecule has 4 rings (SSSR count). The van der Waals surface area contributed by atoms with E-state index < -0.39 is 26.8 Å². The van der Waals surface area contributed by atoms with Gasteiger partial charge in [-0.15, -0.1) is 5.10 Å². The maximum atomic E-state index is 14.2. The molecule has 1 atom stereocenters. The van der Waals surface area contributed by atoms with E-state index in [0.29, 0.717) is 5.78 Å². The zero-order valence-electron chi connectivity index (χ0n) is 16.0. The number of fused-ring (bicyclic) bond motifs is 1. The number of nitrogens with zero attached hydrogens (tertiary/aromatic N) is 5. The first-order valence-corrected chi connectivity index (χ1v) is 10.9. The van der Waals surface area contributed by atoms with Gasteiger partial charge in [-0.25, -0.2) is 22.3 Å². The van der Waals surface area contributed by atoms with E-state index >= 15 is 0 Å². The van der Waals surface area contributed by atoms with Gasteiger partial charge in [0.05, 0.1) is 11.0 Å². The number of aryl methyl sites for hydroxylation is 2. The molecular weight excluding hydrogens is 397 g/mol. The van der Waals surface area contributed by atoms with Crippen molar-refractivity contribution < 1.29 is 17.6 Å². The molecule has 0 N–H and O–H groups in total. The molecule has 0 radical (unpaired) electrons. The van der Waals surface area contributed by atoms with Crippen LogP contribution in [0.5, 0.6) is 0 Å². The summed E-state index contributed by atoms with van der Waals surface area (Å²) in [6.07, 6.45) is 0.110. The van der Waals surface area contributed by atoms with Gasteiger partial charge in [-0.05, 0) is 32.4 Å². The molecule has 1 fully saturated rings. The Morgan fingerprint density at radius 2 is 1.93 bits per heavy atom. The number of carbonyl (C=O) groups excluding carboxylic acids is 1. The van der Waals surface area contributed by atoms with E-state index in [9.17, 15) is 17.6 Å². The van der Waals surface area contributed by atoms with Gasteiger partial charge in [0.2, 0.25) is 5.82 Å². The quantitative estimate of drug-likeness (QED) is 0.632. The predicted octanol–water partition coefficient (Wildman–Crippen LogP) is 1.88. The second kappa shape index (κ2) is 7.18. The van der Waals surface area contributed by atoms with Crippen LogP contribution >= 0.6 is 0 Å². The summed E-state index contributed by atoms with van der Waals surface area (Å²) in [4.78, 5) is 22.8. The van der Waals surface area contributed by atoms with Crippen molar-refractivity contribution in [3.8, 4) is 0 Å². The maximum absolute atomic E-state index is 14.2. The normalized spacial score (nSPS) is 19.3. The fourth-order valence-electron chi connectivity index (χ4n) is 3.63. The molecule has 3 heterocycles. The third-order valence-electron chi connectivity index (χ3n) is 5.09. The van der Waals surface area contributed by atoms with E-state index in [1.807, 2.05) is 19.9 Å². The van der Waals surface area contributed by atoms with Crippen LogP contribution in [0.1, 0.15) is 39.2 Å². The predicted molar refractivity (Wildman–Crippen MR) is 104 cm³/mol. The van der Waals surface area contributed by atoms with E-state index in [1.54, 1.807) is 6.07 Å². The number of hydrogen-bond donors (Lipinski definition) is 0. The number of carbonyl (C=O) groups is 1. The lowest BCUT2D eigenvalue weighted by molar-refractivity contribution is 0.0754.